The Morgan fingerprint density at radius 3 is 2.74 bits per heavy atom. The molecule has 100 valence electrons. The van der Waals surface area contributed by atoms with E-state index < -0.39 is 5.97 Å². The third-order valence-corrected chi connectivity index (χ3v) is 3.73. The van der Waals surface area contributed by atoms with Crippen molar-refractivity contribution in [2.24, 2.45) is 0 Å². The lowest BCUT2D eigenvalue weighted by atomic mass is 10.1. The van der Waals surface area contributed by atoms with Crippen LogP contribution in [0.4, 0.5) is 16.5 Å². The van der Waals surface area contributed by atoms with Crippen LogP contribution in [0.15, 0.2) is 18.2 Å². The summed E-state index contributed by atoms with van der Waals surface area (Å²) in [5, 5.41) is 3.94. The summed E-state index contributed by atoms with van der Waals surface area (Å²) < 4.78 is 4.69. The summed E-state index contributed by atoms with van der Waals surface area (Å²) in [5.41, 5.74) is 8.23. The van der Waals surface area contributed by atoms with Gasteiger partial charge in [-0.25, -0.2) is 9.78 Å². The third-order valence-electron chi connectivity index (χ3n) is 2.74. The summed E-state index contributed by atoms with van der Waals surface area (Å²) in [6.07, 6.45) is 0. The minimum atomic E-state index is -0.451. The monoisotopic (exact) mass is 277 g/mol. The number of aryl methyl sites for hydroxylation is 2. The highest BCUT2D eigenvalue weighted by molar-refractivity contribution is 7.15. The first-order valence-corrected chi connectivity index (χ1v) is 6.52. The van der Waals surface area contributed by atoms with Crippen molar-refractivity contribution in [3.05, 3.63) is 34.3 Å². The molecule has 0 spiro atoms. The number of nitrogen functional groups attached to an aromatic ring is 1. The van der Waals surface area contributed by atoms with Gasteiger partial charge in [0.2, 0.25) is 0 Å². The van der Waals surface area contributed by atoms with Gasteiger partial charge in [-0.1, -0.05) is 0 Å². The van der Waals surface area contributed by atoms with E-state index in [1.807, 2.05) is 13.8 Å². The zero-order chi connectivity index (χ0) is 14.0. The Morgan fingerprint density at radius 1 is 1.42 bits per heavy atom. The van der Waals surface area contributed by atoms with Gasteiger partial charge >= 0.3 is 5.97 Å². The fourth-order valence-corrected chi connectivity index (χ4v) is 2.41. The molecule has 1 aromatic carbocycles. The van der Waals surface area contributed by atoms with E-state index in [1.165, 1.54) is 7.11 Å². The van der Waals surface area contributed by atoms with E-state index in [1.54, 1.807) is 29.5 Å². The second kappa shape index (κ2) is 5.27. The van der Waals surface area contributed by atoms with Gasteiger partial charge in [-0.15, -0.1) is 11.3 Å². The molecule has 0 saturated heterocycles. The molecule has 2 rings (SSSR count). The van der Waals surface area contributed by atoms with E-state index in [2.05, 4.69) is 15.0 Å². The largest absolute Gasteiger partial charge is 0.465 e. The number of thiazole rings is 1. The zero-order valence-electron chi connectivity index (χ0n) is 11.0. The van der Waals surface area contributed by atoms with Crippen molar-refractivity contribution >= 4 is 33.8 Å². The highest BCUT2D eigenvalue weighted by Gasteiger charge is 2.11. The smallest absolute Gasteiger partial charge is 0.340 e. The normalized spacial score (nSPS) is 10.3. The lowest BCUT2D eigenvalue weighted by Gasteiger charge is -2.07. The molecule has 1 heterocycles. The fourth-order valence-electron chi connectivity index (χ4n) is 1.57. The SMILES string of the molecule is COC(=O)c1cc(Nc2nc(C)c(C)s2)ccc1N. The van der Waals surface area contributed by atoms with Crippen LogP contribution in [0.2, 0.25) is 0 Å². The van der Waals surface area contributed by atoms with Crippen LogP contribution in [-0.4, -0.2) is 18.1 Å². The van der Waals surface area contributed by atoms with E-state index in [9.17, 15) is 4.79 Å². The van der Waals surface area contributed by atoms with Crippen LogP contribution in [0.25, 0.3) is 0 Å². The first kappa shape index (κ1) is 13.4. The number of benzene rings is 1. The van der Waals surface area contributed by atoms with E-state index in [-0.39, 0.29) is 0 Å². The van der Waals surface area contributed by atoms with Crippen LogP contribution in [0.3, 0.4) is 0 Å². The number of nitrogens with two attached hydrogens (primary N) is 1. The van der Waals surface area contributed by atoms with E-state index in [0.29, 0.717) is 11.3 Å². The molecule has 3 N–H and O–H groups in total. The van der Waals surface area contributed by atoms with Crippen molar-refractivity contribution in [3.8, 4) is 0 Å². The Labute approximate surface area is 115 Å². The molecule has 2 aromatic rings. The summed E-state index contributed by atoms with van der Waals surface area (Å²) in [6, 6.07) is 5.13. The van der Waals surface area contributed by atoms with Gasteiger partial charge in [0.1, 0.15) is 0 Å². The number of carbonyl (C=O) groups is 1. The lowest BCUT2D eigenvalue weighted by Crippen LogP contribution is -2.06. The zero-order valence-corrected chi connectivity index (χ0v) is 11.8. The van der Waals surface area contributed by atoms with E-state index >= 15 is 0 Å². The number of ether oxygens (including phenoxy) is 1. The van der Waals surface area contributed by atoms with Crippen LogP contribution in [0.1, 0.15) is 20.9 Å². The standard InChI is InChI=1S/C13H15N3O2S/c1-7-8(2)19-13(15-7)16-9-4-5-11(14)10(6-9)12(17)18-3/h4-6H,14H2,1-3H3,(H,15,16). The summed E-state index contributed by atoms with van der Waals surface area (Å²) in [6.45, 7) is 3.97. The predicted molar refractivity (Wildman–Crippen MR) is 77.1 cm³/mol. The van der Waals surface area contributed by atoms with Gasteiger partial charge in [0.25, 0.3) is 0 Å². The van der Waals surface area contributed by atoms with Crippen molar-refractivity contribution in [1.82, 2.24) is 4.98 Å². The van der Waals surface area contributed by atoms with Gasteiger partial charge in [0, 0.05) is 16.3 Å². The number of rotatable bonds is 3. The molecule has 0 radical (unpaired) electrons. The van der Waals surface area contributed by atoms with Gasteiger partial charge in [0.15, 0.2) is 5.13 Å². The molecule has 0 aliphatic rings. The minimum absolute atomic E-state index is 0.345. The molecule has 0 bridgehead atoms. The van der Waals surface area contributed by atoms with Crippen molar-refractivity contribution in [2.75, 3.05) is 18.2 Å². The van der Waals surface area contributed by atoms with E-state index in [0.717, 1.165) is 21.4 Å². The summed E-state index contributed by atoms with van der Waals surface area (Å²) in [4.78, 5) is 17.1. The maximum Gasteiger partial charge on any atom is 0.340 e. The quantitative estimate of drug-likeness (QED) is 0.666. The van der Waals surface area contributed by atoms with Crippen LogP contribution in [0.5, 0.6) is 0 Å². The average Bonchev–Trinajstić information content (AvgIpc) is 2.69. The summed E-state index contributed by atoms with van der Waals surface area (Å²) >= 11 is 1.56. The fraction of sp³-hybridized carbons (Fsp3) is 0.231. The Morgan fingerprint density at radius 2 is 2.16 bits per heavy atom. The molecule has 0 atom stereocenters. The second-order valence-corrected chi connectivity index (χ2v) is 5.28. The summed E-state index contributed by atoms with van der Waals surface area (Å²) in [5.74, 6) is -0.451. The first-order chi connectivity index (χ1) is 9.01. The number of esters is 1. The first-order valence-electron chi connectivity index (χ1n) is 5.70. The van der Waals surface area contributed by atoms with Gasteiger partial charge in [0.05, 0.1) is 18.4 Å². The number of hydrogen-bond donors (Lipinski definition) is 2. The second-order valence-electron chi connectivity index (χ2n) is 4.08. The molecule has 1 aromatic heterocycles. The highest BCUT2D eigenvalue weighted by Crippen LogP contribution is 2.26. The maximum absolute atomic E-state index is 11.6. The number of aromatic nitrogens is 1. The number of anilines is 3. The molecule has 19 heavy (non-hydrogen) atoms. The molecule has 0 unspecified atom stereocenters. The van der Waals surface area contributed by atoms with Crippen LogP contribution in [-0.2, 0) is 4.74 Å². The minimum Gasteiger partial charge on any atom is -0.465 e. The Hall–Kier alpha value is -2.08. The number of carbonyl (C=O) groups excluding carboxylic acids is 1. The number of methoxy groups -OCH3 is 1. The average molecular weight is 277 g/mol. The summed E-state index contributed by atoms with van der Waals surface area (Å²) in [7, 11) is 1.33. The van der Waals surface area contributed by atoms with Crippen molar-refractivity contribution < 1.29 is 9.53 Å². The number of nitrogens with one attached hydrogen (secondary N) is 1. The van der Waals surface area contributed by atoms with Crippen LogP contribution >= 0.6 is 11.3 Å². The Balaban J connectivity index is 2.28. The highest BCUT2D eigenvalue weighted by atomic mass is 32.1. The Kier molecular flexibility index (Phi) is 3.71. The van der Waals surface area contributed by atoms with Crippen LogP contribution < -0.4 is 11.1 Å². The van der Waals surface area contributed by atoms with Gasteiger partial charge in [-0.2, -0.15) is 0 Å². The molecule has 0 amide bonds. The molecule has 0 saturated carbocycles. The van der Waals surface area contributed by atoms with Gasteiger partial charge < -0.3 is 15.8 Å². The Bertz CT molecular complexity index is 603. The maximum atomic E-state index is 11.6. The molecule has 6 heteroatoms. The molecule has 0 aliphatic carbocycles. The molecule has 0 fully saturated rings. The molecule has 0 aliphatic heterocycles. The third kappa shape index (κ3) is 2.85. The number of nitrogens with zero attached hydrogens (tertiary/aromatic N) is 1. The van der Waals surface area contributed by atoms with Gasteiger partial charge in [-0.05, 0) is 32.0 Å². The van der Waals surface area contributed by atoms with Crippen molar-refractivity contribution in [1.29, 1.82) is 0 Å². The van der Waals surface area contributed by atoms with Crippen molar-refractivity contribution in [2.45, 2.75) is 13.8 Å². The molecular weight excluding hydrogens is 262 g/mol. The topological polar surface area (TPSA) is 77.2 Å². The van der Waals surface area contributed by atoms with Crippen LogP contribution in [0, 0.1) is 13.8 Å². The van der Waals surface area contributed by atoms with E-state index in [4.69, 9.17) is 5.73 Å². The molecule has 5 nitrogen and oxygen atoms in total. The lowest BCUT2D eigenvalue weighted by molar-refractivity contribution is 0.0602. The predicted octanol–water partition coefficient (Wildman–Crippen LogP) is 2.87. The molecular formula is C13H15N3O2S. The number of hydrogen-bond acceptors (Lipinski definition) is 6. The van der Waals surface area contributed by atoms with Gasteiger partial charge in [-0.3, -0.25) is 0 Å². The van der Waals surface area contributed by atoms with Crippen molar-refractivity contribution in [3.63, 3.8) is 0 Å².